The summed E-state index contributed by atoms with van der Waals surface area (Å²) in [7, 11) is -2.19. The molecule has 0 unspecified atom stereocenters. The lowest BCUT2D eigenvalue weighted by Gasteiger charge is -2.07. The van der Waals surface area contributed by atoms with Gasteiger partial charge >= 0.3 is 0 Å². The smallest absolute Gasteiger partial charge is 0.242 e. The summed E-state index contributed by atoms with van der Waals surface area (Å²) in [4.78, 5) is 8.98. The fraction of sp³-hybridized carbons (Fsp3) is 0.0909. The highest BCUT2D eigenvalue weighted by Crippen LogP contribution is 2.28. The molecule has 0 amide bonds. The fourth-order valence-electron chi connectivity index (χ4n) is 1.39. The van der Waals surface area contributed by atoms with Crippen molar-refractivity contribution in [3.63, 3.8) is 0 Å². The van der Waals surface area contributed by atoms with Gasteiger partial charge in [0.15, 0.2) is 5.16 Å². The van der Waals surface area contributed by atoms with Crippen molar-refractivity contribution in [3.8, 4) is 0 Å². The molecule has 6 nitrogen and oxygen atoms in total. The molecule has 0 aliphatic heterocycles. The van der Waals surface area contributed by atoms with Crippen LogP contribution in [0.5, 0.6) is 0 Å². The van der Waals surface area contributed by atoms with Crippen LogP contribution in [0.1, 0.15) is 0 Å². The standard InChI is InChI=1S/C11H12N4O2S2/c1-13-19(16,17)10-4-3-8(7-9(10)12)18-11-14-5-2-6-15-11/h2-7,13H,12H2,1H3. The molecule has 0 saturated heterocycles. The maximum absolute atomic E-state index is 11.7. The zero-order chi connectivity index (χ0) is 13.9. The zero-order valence-electron chi connectivity index (χ0n) is 10.1. The van der Waals surface area contributed by atoms with Crippen molar-refractivity contribution in [2.24, 2.45) is 0 Å². The molecule has 0 bridgehead atoms. The van der Waals surface area contributed by atoms with E-state index in [0.717, 1.165) is 4.90 Å². The largest absolute Gasteiger partial charge is 0.398 e. The lowest BCUT2D eigenvalue weighted by molar-refractivity contribution is 0.588. The Morgan fingerprint density at radius 2 is 1.95 bits per heavy atom. The molecule has 0 aliphatic rings. The van der Waals surface area contributed by atoms with Crippen LogP contribution in [0.3, 0.4) is 0 Å². The summed E-state index contributed by atoms with van der Waals surface area (Å²) in [5.74, 6) is 0. The first-order chi connectivity index (χ1) is 9.03. The third-order valence-corrected chi connectivity index (χ3v) is 4.66. The quantitative estimate of drug-likeness (QED) is 0.648. The maximum atomic E-state index is 11.7. The summed E-state index contributed by atoms with van der Waals surface area (Å²) in [5.41, 5.74) is 5.95. The summed E-state index contributed by atoms with van der Waals surface area (Å²) in [6.07, 6.45) is 3.27. The molecule has 3 N–H and O–H groups in total. The minimum atomic E-state index is -3.53. The predicted molar refractivity (Wildman–Crippen MR) is 73.3 cm³/mol. The SMILES string of the molecule is CNS(=O)(=O)c1ccc(Sc2ncccn2)cc1N. The van der Waals surface area contributed by atoms with E-state index in [4.69, 9.17) is 5.73 Å². The highest BCUT2D eigenvalue weighted by Gasteiger charge is 2.15. The van der Waals surface area contributed by atoms with Crippen molar-refractivity contribution < 1.29 is 8.42 Å². The number of nitrogen functional groups attached to an aromatic ring is 1. The fourth-order valence-corrected chi connectivity index (χ4v) is 2.98. The first-order valence-electron chi connectivity index (χ1n) is 5.31. The Kier molecular flexibility index (Phi) is 4.03. The minimum Gasteiger partial charge on any atom is -0.398 e. The number of anilines is 1. The van der Waals surface area contributed by atoms with Gasteiger partial charge in [-0.15, -0.1) is 0 Å². The van der Waals surface area contributed by atoms with Gasteiger partial charge in [-0.3, -0.25) is 0 Å². The topological polar surface area (TPSA) is 98.0 Å². The van der Waals surface area contributed by atoms with Gasteiger partial charge in [-0.05, 0) is 43.1 Å². The van der Waals surface area contributed by atoms with Crippen LogP contribution < -0.4 is 10.5 Å². The van der Waals surface area contributed by atoms with Crippen molar-refractivity contribution >= 4 is 27.5 Å². The Morgan fingerprint density at radius 1 is 1.26 bits per heavy atom. The van der Waals surface area contributed by atoms with Gasteiger partial charge in [-0.1, -0.05) is 0 Å². The molecule has 0 aliphatic carbocycles. The van der Waals surface area contributed by atoms with E-state index in [-0.39, 0.29) is 10.6 Å². The average molecular weight is 296 g/mol. The maximum Gasteiger partial charge on any atom is 0.242 e. The highest BCUT2D eigenvalue weighted by atomic mass is 32.2. The van der Waals surface area contributed by atoms with Crippen LogP contribution in [0, 0.1) is 0 Å². The van der Waals surface area contributed by atoms with Crippen LogP contribution >= 0.6 is 11.8 Å². The Balaban J connectivity index is 2.30. The third kappa shape index (κ3) is 3.22. The van der Waals surface area contributed by atoms with E-state index in [0.29, 0.717) is 5.16 Å². The molecule has 0 fully saturated rings. The predicted octanol–water partition coefficient (Wildman–Crippen LogP) is 1.12. The second-order valence-corrected chi connectivity index (χ2v) is 6.44. The van der Waals surface area contributed by atoms with Gasteiger partial charge in [0.05, 0.1) is 5.69 Å². The van der Waals surface area contributed by atoms with Gasteiger partial charge in [0, 0.05) is 17.3 Å². The number of nitrogens with one attached hydrogen (secondary N) is 1. The second kappa shape index (κ2) is 5.55. The zero-order valence-corrected chi connectivity index (χ0v) is 11.7. The molecule has 100 valence electrons. The van der Waals surface area contributed by atoms with Gasteiger partial charge in [0.1, 0.15) is 4.90 Å². The number of nitrogens with zero attached hydrogens (tertiary/aromatic N) is 2. The highest BCUT2D eigenvalue weighted by molar-refractivity contribution is 7.99. The molecule has 19 heavy (non-hydrogen) atoms. The monoisotopic (exact) mass is 296 g/mol. The lowest BCUT2D eigenvalue weighted by atomic mass is 10.3. The Morgan fingerprint density at radius 3 is 2.53 bits per heavy atom. The lowest BCUT2D eigenvalue weighted by Crippen LogP contribution is -2.19. The van der Waals surface area contributed by atoms with Gasteiger partial charge in [0.2, 0.25) is 10.0 Å². The van der Waals surface area contributed by atoms with Crippen LogP contribution in [-0.2, 0) is 10.0 Å². The van der Waals surface area contributed by atoms with Crippen molar-refractivity contribution in [1.29, 1.82) is 0 Å². The molecule has 0 spiro atoms. The molecule has 1 aromatic carbocycles. The first kappa shape index (κ1) is 13.8. The van der Waals surface area contributed by atoms with E-state index in [1.54, 1.807) is 30.6 Å². The molecule has 2 rings (SSSR count). The molecule has 1 aromatic heterocycles. The van der Waals surface area contributed by atoms with Crippen LogP contribution in [0.2, 0.25) is 0 Å². The molecule has 0 atom stereocenters. The molecule has 8 heteroatoms. The summed E-state index contributed by atoms with van der Waals surface area (Å²) >= 11 is 1.31. The number of sulfonamides is 1. The van der Waals surface area contributed by atoms with Crippen LogP contribution in [-0.4, -0.2) is 25.4 Å². The van der Waals surface area contributed by atoms with Crippen molar-refractivity contribution in [2.75, 3.05) is 12.8 Å². The Hall–Kier alpha value is -1.64. The number of benzene rings is 1. The minimum absolute atomic E-state index is 0.0633. The summed E-state index contributed by atoms with van der Waals surface area (Å²) in [6, 6.07) is 6.44. The molecule has 2 aromatic rings. The van der Waals surface area contributed by atoms with E-state index >= 15 is 0 Å². The molecule has 0 saturated carbocycles. The van der Waals surface area contributed by atoms with E-state index in [9.17, 15) is 8.42 Å². The molecular formula is C11H12N4O2S2. The van der Waals surface area contributed by atoms with Crippen LogP contribution in [0.25, 0.3) is 0 Å². The average Bonchev–Trinajstić information content (AvgIpc) is 2.39. The number of rotatable bonds is 4. The van der Waals surface area contributed by atoms with Crippen molar-refractivity contribution in [2.45, 2.75) is 14.9 Å². The third-order valence-electron chi connectivity index (χ3n) is 2.29. The summed E-state index contributed by atoms with van der Waals surface area (Å²) in [6.45, 7) is 0. The number of hydrogen-bond donors (Lipinski definition) is 2. The van der Waals surface area contributed by atoms with Crippen molar-refractivity contribution in [1.82, 2.24) is 14.7 Å². The van der Waals surface area contributed by atoms with E-state index in [1.807, 2.05) is 0 Å². The normalized spacial score (nSPS) is 11.4. The summed E-state index contributed by atoms with van der Waals surface area (Å²) < 4.78 is 25.6. The van der Waals surface area contributed by atoms with E-state index in [1.165, 1.54) is 24.9 Å². The number of aromatic nitrogens is 2. The van der Waals surface area contributed by atoms with Gasteiger partial charge < -0.3 is 5.73 Å². The molecule has 1 heterocycles. The van der Waals surface area contributed by atoms with Crippen molar-refractivity contribution in [3.05, 3.63) is 36.7 Å². The Labute approximate surface area is 115 Å². The van der Waals surface area contributed by atoms with Gasteiger partial charge in [-0.2, -0.15) is 0 Å². The number of nitrogens with two attached hydrogens (primary N) is 1. The number of hydrogen-bond acceptors (Lipinski definition) is 6. The van der Waals surface area contributed by atoms with Crippen LogP contribution in [0.4, 0.5) is 5.69 Å². The van der Waals surface area contributed by atoms with Gasteiger partial charge in [-0.25, -0.2) is 23.1 Å². The van der Waals surface area contributed by atoms with E-state index < -0.39 is 10.0 Å². The molecular weight excluding hydrogens is 284 g/mol. The Bertz CT molecular complexity index is 674. The first-order valence-corrected chi connectivity index (χ1v) is 7.61. The van der Waals surface area contributed by atoms with E-state index in [2.05, 4.69) is 14.7 Å². The van der Waals surface area contributed by atoms with Crippen LogP contribution in [0.15, 0.2) is 51.6 Å². The second-order valence-electron chi connectivity index (χ2n) is 3.54. The summed E-state index contributed by atoms with van der Waals surface area (Å²) in [5, 5.41) is 0.575. The van der Waals surface area contributed by atoms with Gasteiger partial charge in [0.25, 0.3) is 0 Å². The molecule has 0 radical (unpaired) electrons.